The van der Waals surface area contributed by atoms with Gasteiger partial charge < -0.3 is 5.32 Å². The van der Waals surface area contributed by atoms with E-state index in [1.165, 1.54) is 63.1 Å². The molecule has 2 fully saturated rings. The minimum Gasteiger partial charge on any atom is -0.328 e. The Morgan fingerprint density at radius 2 is 2.00 bits per heavy atom. The van der Waals surface area contributed by atoms with Crippen molar-refractivity contribution in [2.75, 3.05) is 18.4 Å². The van der Waals surface area contributed by atoms with Gasteiger partial charge in [0.05, 0.1) is 29.5 Å². The fourth-order valence-electron chi connectivity index (χ4n) is 4.36. The van der Waals surface area contributed by atoms with Crippen molar-refractivity contribution >= 4 is 28.0 Å². The Balaban J connectivity index is 1.29. The SMILES string of the molecule is c1n[nH]cc1-c1cnc2c(Nc3cc(CN4CCCCCC4)ns3)nc(C3CC3)cn12. The molecule has 4 aromatic rings. The van der Waals surface area contributed by atoms with Crippen molar-refractivity contribution < 1.29 is 0 Å². The summed E-state index contributed by atoms with van der Waals surface area (Å²) in [6, 6.07) is 2.16. The number of aromatic nitrogens is 6. The number of aromatic amines is 1. The lowest BCUT2D eigenvalue weighted by molar-refractivity contribution is 0.274. The summed E-state index contributed by atoms with van der Waals surface area (Å²) in [6.07, 6.45) is 15.4. The first kappa shape index (κ1) is 18.9. The molecule has 8 nitrogen and oxygen atoms in total. The number of nitrogens with one attached hydrogen (secondary N) is 2. The molecule has 1 saturated heterocycles. The highest BCUT2D eigenvalue weighted by atomic mass is 32.1. The number of H-pyrrole nitrogens is 1. The monoisotopic (exact) mass is 434 g/mol. The van der Waals surface area contributed by atoms with Crippen molar-refractivity contribution in [3.8, 4) is 11.3 Å². The third-order valence-electron chi connectivity index (χ3n) is 6.19. The number of hydrogen-bond donors (Lipinski definition) is 2. The van der Waals surface area contributed by atoms with Gasteiger partial charge in [0.25, 0.3) is 0 Å². The van der Waals surface area contributed by atoms with Gasteiger partial charge >= 0.3 is 0 Å². The molecule has 0 amide bonds. The van der Waals surface area contributed by atoms with Gasteiger partial charge in [-0.05, 0) is 56.4 Å². The molecule has 5 heterocycles. The van der Waals surface area contributed by atoms with Gasteiger partial charge in [0.15, 0.2) is 11.5 Å². The molecule has 9 heteroatoms. The molecule has 1 aliphatic heterocycles. The Morgan fingerprint density at radius 1 is 1.13 bits per heavy atom. The molecular weight excluding hydrogens is 408 g/mol. The molecule has 2 aliphatic rings. The van der Waals surface area contributed by atoms with Gasteiger partial charge in [-0.1, -0.05) is 12.8 Å². The van der Waals surface area contributed by atoms with Gasteiger partial charge in [-0.25, -0.2) is 9.97 Å². The summed E-state index contributed by atoms with van der Waals surface area (Å²) < 4.78 is 6.83. The van der Waals surface area contributed by atoms with Crippen molar-refractivity contribution in [3.63, 3.8) is 0 Å². The minimum absolute atomic E-state index is 0.546. The summed E-state index contributed by atoms with van der Waals surface area (Å²) in [5.74, 6) is 1.34. The summed E-state index contributed by atoms with van der Waals surface area (Å²) in [7, 11) is 0. The van der Waals surface area contributed by atoms with E-state index >= 15 is 0 Å². The highest BCUT2D eigenvalue weighted by Crippen LogP contribution is 2.40. The second-order valence-corrected chi connectivity index (χ2v) is 9.42. The predicted octanol–water partition coefficient (Wildman–Crippen LogP) is 4.57. The van der Waals surface area contributed by atoms with E-state index in [0.29, 0.717) is 5.92 Å². The summed E-state index contributed by atoms with van der Waals surface area (Å²) in [5, 5.41) is 11.5. The van der Waals surface area contributed by atoms with Gasteiger partial charge in [-0.15, -0.1) is 0 Å². The van der Waals surface area contributed by atoms with E-state index < -0.39 is 0 Å². The number of fused-ring (bicyclic) bond motifs is 1. The molecule has 0 aromatic carbocycles. The lowest BCUT2D eigenvalue weighted by Crippen LogP contribution is -2.24. The molecule has 2 N–H and O–H groups in total. The van der Waals surface area contributed by atoms with E-state index in [2.05, 4.69) is 42.1 Å². The Bertz CT molecular complexity index is 1170. The second-order valence-electron chi connectivity index (χ2n) is 8.61. The van der Waals surface area contributed by atoms with Crippen molar-refractivity contribution in [2.24, 2.45) is 0 Å². The number of imidazole rings is 1. The van der Waals surface area contributed by atoms with Gasteiger partial charge in [0.2, 0.25) is 0 Å². The van der Waals surface area contributed by atoms with Crippen LogP contribution in [0, 0.1) is 0 Å². The van der Waals surface area contributed by atoms with Crippen LogP contribution >= 0.6 is 11.5 Å². The quantitative estimate of drug-likeness (QED) is 0.462. The molecule has 1 aliphatic carbocycles. The molecule has 4 aromatic heterocycles. The third-order valence-corrected chi connectivity index (χ3v) is 6.93. The molecule has 0 atom stereocenters. The first-order valence-corrected chi connectivity index (χ1v) is 11.9. The van der Waals surface area contributed by atoms with Crippen LogP contribution in [0.25, 0.3) is 16.9 Å². The highest BCUT2D eigenvalue weighted by molar-refractivity contribution is 7.10. The largest absolute Gasteiger partial charge is 0.328 e. The van der Waals surface area contributed by atoms with Crippen molar-refractivity contribution in [1.82, 2.24) is 33.8 Å². The van der Waals surface area contributed by atoms with Crippen molar-refractivity contribution in [3.05, 3.63) is 42.2 Å². The van der Waals surface area contributed by atoms with E-state index in [-0.39, 0.29) is 0 Å². The maximum Gasteiger partial charge on any atom is 0.180 e. The number of hydrogen-bond acceptors (Lipinski definition) is 7. The van der Waals surface area contributed by atoms with Crippen LogP contribution in [0.3, 0.4) is 0 Å². The topological polar surface area (TPSA) is 87.0 Å². The molecule has 0 spiro atoms. The van der Waals surface area contributed by atoms with E-state index in [9.17, 15) is 0 Å². The van der Waals surface area contributed by atoms with Gasteiger partial charge in [0.1, 0.15) is 5.00 Å². The predicted molar refractivity (Wildman–Crippen MR) is 122 cm³/mol. The zero-order valence-electron chi connectivity index (χ0n) is 17.4. The van der Waals surface area contributed by atoms with E-state index in [1.54, 1.807) is 0 Å². The van der Waals surface area contributed by atoms with Crippen LogP contribution in [0.15, 0.2) is 30.9 Å². The lowest BCUT2D eigenvalue weighted by atomic mass is 10.2. The van der Waals surface area contributed by atoms with Crippen molar-refractivity contribution in [1.29, 1.82) is 0 Å². The van der Waals surface area contributed by atoms with Crippen LogP contribution in [-0.2, 0) is 6.54 Å². The smallest absolute Gasteiger partial charge is 0.180 e. The third kappa shape index (κ3) is 3.95. The fourth-order valence-corrected chi connectivity index (χ4v) is 5.01. The minimum atomic E-state index is 0.546. The average molecular weight is 435 g/mol. The zero-order chi connectivity index (χ0) is 20.6. The number of anilines is 2. The number of rotatable bonds is 6. The maximum atomic E-state index is 4.94. The fraction of sp³-hybridized carbons (Fsp3) is 0.455. The molecule has 6 rings (SSSR count). The van der Waals surface area contributed by atoms with Crippen LogP contribution in [0.1, 0.15) is 55.8 Å². The zero-order valence-corrected chi connectivity index (χ0v) is 18.2. The second kappa shape index (κ2) is 8.05. The molecule has 0 bridgehead atoms. The number of likely N-dealkylation sites (tertiary alicyclic amines) is 1. The van der Waals surface area contributed by atoms with Gasteiger partial charge in [-0.3, -0.25) is 14.4 Å². The van der Waals surface area contributed by atoms with Crippen LogP contribution < -0.4 is 5.32 Å². The summed E-state index contributed by atoms with van der Waals surface area (Å²) in [6.45, 7) is 3.28. The first-order valence-electron chi connectivity index (χ1n) is 11.2. The van der Waals surface area contributed by atoms with E-state index in [1.807, 2.05) is 18.6 Å². The summed E-state index contributed by atoms with van der Waals surface area (Å²) in [4.78, 5) is 12.1. The van der Waals surface area contributed by atoms with Gasteiger partial charge in [-0.2, -0.15) is 9.47 Å². The standard InChI is InChI=1S/C22H26N8S/c1-2-4-8-29(7-3-1)13-17-9-20(31-28-17)27-21-22-23-12-19(16-10-24-25-11-16)30(22)14-18(26-21)15-5-6-15/h9-12,14-15H,1-8,13H2,(H,24,25)(H,26,27). The van der Waals surface area contributed by atoms with Crippen LogP contribution in [0.5, 0.6) is 0 Å². The molecule has 160 valence electrons. The van der Waals surface area contributed by atoms with Gasteiger partial charge in [0, 0.05) is 30.4 Å². The summed E-state index contributed by atoms with van der Waals surface area (Å²) in [5.41, 5.74) is 5.10. The molecule has 0 unspecified atom stereocenters. The lowest BCUT2D eigenvalue weighted by Gasteiger charge is -2.17. The van der Waals surface area contributed by atoms with Crippen LogP contribution in [-0.4, -0.2) is 46.9 Å². The maximum absolute atomic E-state index is 4.94. The Morgan fingerprint density at radius 3 is 2.77 bits per heavy atom. The first-order chi connectivity index (χ1) is 15.3. The molecule has 31 heavy (non-hydrogen) atoms. The Labute approximate surface area is 184 Å². The van der Waals surface area contributed by atoms with E-state index in [4.69, 9.17) is 9.36 Å². The van der Waals surface area contributed by atoms with Crippen LogP contribution in [0.2, 0.25) is 0 Å². The highest BCUT2D eigenvalue weighted by Gasteiger charge is 2.27. The summed E-state index contributed by atoms with van der Waals surface area (Å²) >= 11 is 1.50. The molecule has 0 radical (unpaired) electrons. The average Bonchev–Trinajstić information content (AvgIpc) is 3.17. The van der Waals surface area contributed by atoms with Crippen molar-refractivity contribution in [2.45, 2.75) is 51.0 Å². The number of nitrogens with zero attached hydrogens (tertiary/aromatic N) is 6. The van der Waals surface area contributed by atoms with Crippen LogP contribution in [0.4, 0.5) is 10.8 Å². The normalized spacial score (nSPS) is 17.8. The Kier molecular flexibility index (Phi) is 4.92. The molecule has 1 saturated carbocycles. The van der Waals surface area contributed by atoms with E-state index in [0.717, 1.165) is 45.7 Å². The Hall–Kier alpha value is -2.78. The molecular formula is C22H26N8S.